The van der Waals surface area contributed by atoms with E-state index in [1.807, 2.05) is 0 Å². The van der Waals surface area contributed by atoms with E-state index >= 15 is 0 Å². The maximum atomic E-state index is 10.7. The number of nitro benzene ring substituents is 1. The van der Waals surface area contributed by atoms with Gasteiger partial charge in [-0.1, -0.05) is 28.1 Å². The second-order valence-electron chi connectivity index (χ2n) is 4.01. The van der Waals surface area contributed by atoms with Crippen molar-refractivity contribution in [3.05, 3.63) is 68.2 Å². The summed E-state index contributed by atoms with van der Waals surface area (Å²) in [4.78, 5) is 20.8. The predicted octanol–water partition coefficient (Wildman–Crippen LogP) is 3.75. The number of hydrogen-bond acceptors (Lipinski definition) is 4. The molecule has 0 atom stereocenters. The molecule has 0 saturated carbocycles. The van der Waals surface area contributed by atoms with Crippen LogP contribution in [0, 0.1) is 10.1 Å². The number of ether oxygens (including phenoxy) is 1. The molecule has 5 nitrogen and oxygen atoms in total. The summed E-state index contributed by atoms with van der Waals surface area (Å²) in [5.41, 5.74) is 1.33. The van der Waals surface area contributed by atoms with E-state index in [9.17, 15) is 14.9 Å². The Morgan fingerprint density at radius 2 is 2.05 bits per heavy atom. The third kappa shape index (κ3) is 3.42. The van der Waals surface area contributed by atoms with Crippen LogP contribution in [0.1, 0.15) is 15.9 Å². The lowest BCUT2D eigenvalue weighted by Gasteiger charge is -2.08. The monoisotopic (exact) mass is 335 g/mol. The molecule has 0 N–H and O–H groups in total. The molecule has 20 heavy (non-hydrogen) atoms. The summed E-state index contributed by atoms with van der Waals surface area (Å²) < 4.78 is 6.17. The molecule has 102 valence electrons. The molecule has 0 unspecified atom stereocenters. The topological polar surface area (TPSA) is 69.4 Å². The lowest BCUT2D eigenvalue weighted by atomic mass is 10.2. The molecule has 0 amide bonds. The van der Waals surface area contributed by atoms with Crippen LogP contribution in [0.4, 0.5) is 5.69 Å². The van der Waals surface area contributed by atoms with Gasteiger partial charge in [-0.2, -0.15) is 0 Å². The van der Waals surface area contributed by atoms with E-state index in [2.05, 4.69) is 15.9 Å². The van der Waals surface area contributed by atoms with E-state index in [0.717, 1.165) is 11.8 Å². The Bertz CT molecular complexity index is 657. The van der Waals surface area contributed by atoms with E-state index < -0.39 is 4.92 Å². The van der Waals surface area contributed by atoms with Crippen LogP contribution in [-0.4, -0.2) is 11.2 Å². The summed E-state index contributed by atoms with van der Waals surface area (Å²) in [5.74, 6) is 0.569. The Morgan fingerprint density at radius 1 is 1.25 bits per heavy atom. The highest BCUT2D eigenvalue weighted by Crippen LogP contribution is 2.24. The van der Waals surface area contributed by atoms with Crippen LogP contribution < -0.4 is 4.74 Å². The molecule has 2 aromatic rings. The number of non-ortho nitro benzene ring substituents is 1. The van der Waals surface area contributed by atoms with Crippen molar-refractivity contribution in [3.8, 4) is 5.75 Å². The largest absolute Gasteiger partial charge is 0.489 e. The van der Waals surface area contributed by atoms with Gasteiger partial charge in [-0.15, -0.1) is 0 Å². The molecule has 0 radical (unpaired) electrons. The zero-order chi connectivity index (χ0) is 14.5. The molecule has 0 heterocycles. The number of nitrogens with zero attached hydrogens (tertiary/aromatic N) is 1. The van der Waals surface area contributed by atoms with Gasteiger partial charge in [-0.25, -0.2) is 0 Å². The van der Waals surface area contributed by atoms with Gasteiger partial charge in [0.15, 0.2) is 0 Å². The molecule has 0 aliphatic rings. The van der Waals surface area contributed by atoms with E-state index in [1.165, 1.54) is 12.1 Å². The maximum absolute atomic E-state index is 10.7. The van der Waals surface area contributed by atoms with Crippen molar-refractivity contribution < 1.29 is 14.5 Å². The first kappa shape index (κ1) is 14.2. The lowest BCUT2D eigenvalue weighted by Crippen LogP contribution is -1.98. The van der Waals surface area contributed by atoms with Crippen LogP contribution in [0.25, 0.3) is 0 Å². The van der Waals surface area contributed by atoms with E-state index in [-0.39, 0.29) is 12.3 Å². The Kier molecular flexibility index (Phi) is 4.47. The van der Waals surface area contributed by atoms with Crippen molar-refractivity contribution in [1.29, 1.82) is 0 Å². The normalized spacial score (nSPS) is 10.1. The van der Waals surface area contributed by atoms with Gasteiger partial charge in [-0.3, -0.25) is 14.9 Å². The van der Waals surface area contributed by atoms with Crippen LogP contribution in [-0.2, 0) is 6.61 Å². The third-order valence-corrected chi connectivity index (χ3v) is 3.37. The van der Waals surface area contributed by atoms with Gasteiger partial charge in [0, 0.05) is 27.7 Å². The van der Waals surface area contributed by atoms with Gasteiger partial charge in [0.1, 0.15) is 18.6 Å². The van der Waals surface area contributed by atoms with E-state index in [1.54, 1.807) is 30.3 Å². The minimum atomic E-state index is -0.455. The van der Waals surface area contributed by atoms with Gasteiger partial charge >= 0.3 is 0 Å². The molecular weight excluding hydrogens is 326 g/mol. The second-order valence-corrected chi connectivity index (χ2v) is 4.87. The molecule has 2 rings (SSSR count). The highest BCUT2D eigenvalue weighted by atomic mass is 79.9. The van der Waals surface area contributed by atoms with Crippen molar-refractivity contribution >= 4 is 27.9 Å². The van der Waals surface area contributed by atoms with Crippen molar-refractivity contribution in [1.82, 2.24) is 0 Å². The Balaban J connectivity index is 2.10. The summed E-state index contributed by atoms with van der Waals surface area (Å²) in [6.07, 6.45) is 0.745. The minimum Gasteiger partial charge on any atom is -0.489 e. The Morgan fingerprint density at radius 3 is 2.70 bits per heavy atom. The molecule has 6 heteroatoms. The molecule has 0 aliphatic carbocycles. The first-order valence-electron chi connectivity index (χ1n) is 5.71. The second kappa shape index (κ2) is 6.29. The average Bonchev–Trinajstić information content (AvgIpc) is 2.46. The van der Waals surface area contributed by atoms with Crippen LogP contribution in [0.3, 0.4) is 0 Å². The van der Waals surface area contributed by atoms with Gasteiger partial charge in [-0.05, 0) is 18.2 Å². The number of benzene rings is 2. The number of carbonyl (C=O) groups is 1. The highest BCUT2D eigenvalue weighted by molar-refractivity contribution is 9.10. The molecule has 0 bridgehead atoms. The van der Waals surface area contributed by atoms with Crippen molar-refractivity contribution in [2.24, 2.45) is 0 Å². The predicted molar refractivity (Wildman–Crippen MR) is 77.0 cm³/mol. The maximum Gasteiger partial charge on any atom is 0.270 e. The number of halogens is 1. The van der Waals surface area contributed by atoms with E-state index in [0.29, 0.717) is 15.8 Å². The Labute approximate surface area is 123 Å². The summed E-state index contributed by atoms with van der Waals surface area (Å²) >= 11 is 3.28. The van der Waals surface area contributed by atoms with Crippen molar-refractivity contribution in [2.75, 3.05) is 0 Å². The SMILES string of the molecule is O=Cc1cccc(OCc2ccc([N+](=O)[O-])cc2Br)c1. The molecular formula is C14H10BrNO4. The fourth-order valence-electron chi connectivity index (χ4n) is 1.61. The van der Waals surface area contributed by atoms with E-state index in [4.69, 9.17) is 4.74 Å². The molecule has 0 fully saturated rings. The smallest absolute Gasteiger partial charge is 0.270 e. The first-order chi connectivity index (χ1) is 9.60. The lowest BCUT2D eigenvalue weighted by molar-refractivity contribution is -0.384. The molecule has 2 aromatic carbocycles. The summed E-state index contributed by atoms with van der Waals surface area (Å²) in [7, 11) is 0. The minimum absolute atomic E-state index is 0.0172. The van der Waals surface area contributed by atoms with Gasteiger partial charge < -0.3 is 4.74 Å². The fraction of sp³-hybridized carbons (Fsp3) is 0.0714. The highest BCUT2D eigenvalue weighted by Gasteiger charge is 2.09. The van der Waals surface area contributed by atoms with Gasteiger partial charge in [0.2, 0.25) is 0 Å². The summed E-state index contributed by atoms with van der Waals surface area (Å²) in [6.45, 7) is 0.251. The summed E-state index contributed by atoms with van der Waals surface area (Å²) in [5, 5.41) is 10.6. The zero-order valence-corrected chi connectivity index (χ0v) is 11.9. The number of carbonyl (C=O) groups excluding carboxylic acids is 1. The summed E-state index contributed by atoms with van der Waals surface area (Å²) in [6, 6.07) is 11.3. The van der Waals surface area contributed by atoms with Crippen LogP contribution in [0.5, 0.6) is 5.75 Å². The fourth-order valence-corrected chi connectivity index (χ4v) is 2.09. The standard InChI is InChI=1S/C14H10BrNO4/c15-14-7-12(16(18)19)5-4-11(14)9-20-13-3-1-2-10(6-13)8-17/h1-8H,9H2. The number of rotatable bonds is 5. The number of aldehydes is 1. The van der Waals surface area contributed by atoms with Crippen LogP contribution >= 0.6 is 15.9 Å². The number of nitro groups is 1. The first-order valence-corrected chi connectivity index (χ1v) is 6.50. The van der Waals surface area contributed by atoms with Crippen LogP contribution in [0.2, 0.25) is 0 Å². The Hall–Kier alpha value is -2.21. The van der Waals surface area contributed by atoms with Crippen molar-refractivity contribution in [3.63, 3.8) is 0 Å². The molecule has 0 aliphatic heterocycles. The van der Waals surface area contributed by atoms with Gasteiger partial charge in [0.05, 0.1) is 4.92 Å². The molecule has 0 aromatic heterocycles. The third-order valence-electron chi connectivity index (χ3n) is 2.64. The quantitative estimate of drug-likeness (QED) is 0.474. The van der Waals surface area contributed by atoms with Crippen molar-refractivity contribution in [2.45, 2.75) is 6.61 Å². The number of hydrogen-bond donors (Lipinski definition) is 0. The van der Waals surface area contributed by atoms with Gasteiger partial charge in [0.25, 0.3) is 5.69 Å². The molecule has 0 spiro atoms. The molecule has 0 saturated heterocycles. The average molecular weight is 336 g/mol. The van der Waals surface area contributed by atoms with Crippen LogP contribution in [0.15, 0.2) is 46.9 Å². The zero-order valence-electron chi connectivity index (χ0n) is 10.3.